The highest BCUT2D eigenvalue weighted by Gasteiger charge is 2.10. The average Bonchev–Trinajstić information content (AvgIpc) is 3.28. The number of imidazole rings is 1. The van der Waals surface area contributed by atoms with Gasteiger partial charge in [0.15, 0.2) is 5.16 Å². The number of aromatic amines is 1. The van der Waals surface area contributed by atoms with Crippen LogP contribution in [-0.2, 0) is 0 Å². The minimum atomic E-state index is 0.794. The number of H-pyrrole nitrogens is 1. The number of rotatable bonds is 5. The van der Waals surface area contributed by atoms with Crippen LogP contribution in [0.2, 0.25) is 0 Å². The van der Waals surface area contributed by atoms with E-state index in [9.17, 15) is 0 Å². The Labute approximate surface area is 142 Å². The summed E-state index contributed by atoms with van der Waals surface area (Å²) in [5.74, 6) is 1.82. The lowest BCUT2D eigenvalue weighted by atomic mass is 10.2. The molecular weight excluding hydrogens is 322 g/mol. The zero-order valence-electron chi connectivity index (χ0n) is 13.0. The molecule has 0 saturated carbocycles. The largest absolute Gasteiger partial charge is 0.300 e. The molecule has 120 valence electrons. The normalized spacial score (nSPS) is 11.2. The highest BCUT2D eigenvalue weighted by atomic mass is 32.2. The van der Waals surface area contributed by atoms with E-state index in [2.05, 4.69) is 37.3 Å². The first kappa shape index (κ1) is 14.8. The third kappa shape index (κ3) is 2.76. The smallest absolute Gasteiger partial charge is 0.187 e. The first-order valence-corrected chi connectivity index (χ1v) is 8.63. The summed E-state index contributed by atoms with van der Waals surface area (Å²) in [4.78, 5) is 13.3. The SMILES string of the molecule is CCCSc1ncc(-c2nccn2-c2ccc3n[nH]nc3c2)cn1. The van der Waals surface area contributed by atoms with E-state index in [1.54, 1.807) is 18.0 Å². The van der Waals surface area contributed by atoms with Crippen LogP contribution in [-0.4, -0.2) is 40.7 Å². The number of fused-ring (bicyclic) bond motifs is 1. The van der Waals surface area contributed by atoms with Crippen LogP contribution in [0.5, 0.6) is 0 Å². The summed E-state index contributed by atoms with van der Waals surface area (Å²) in [6.07, 6.45) is 8.42. The summed E-state index contributed by atoms with van der Waals surface area (Å²) in [6, 6.07) is 5.89. The van der Waals surface area contributed by atoms with Crippen molar-refractivity contribution < 1.29 is 0 Å². The lowest BCUT2D eigenvalue weighted by Crippen LogP contribution is -1.98. The van der Waals surface area contributed by atoms with Gasteiger partial charge in [-0.25, -0.2) is 15.0 Å². The summed E-state index contributed by atoms with van der Waals surface area (Å²) < 4.78 is 1.99. The van der Waals surface area contributed by atoms with Crippen molar-refractivity contribution in [1.82, 2.24) is 34.9 Å². The minimum Gasteiger partial charge on any atom is -0.300 e. The number of thioether (sulfide) groups is 1. The molecule has 0 aliphatic heterocycles. The van der Waals surface area contributed by atoms with Crippen molar-refractivity contribution in [3.05, 3.63) is 43.0 Å². The van der Waals surface area contributed by atoms with Gasteiger partial charge in [-0.1, -0.05) is 18.7 Å². The molecule has 0 radical (unpaired) electrons. The average molecular weight is 337 g/mol. The first-order chi connectivity index (χ1) is 11.8. The van der Waals surface area contributed by atoms with Crippen molar-refractivity contribution in [2.24, 2.45) is 0 Å². The molecule has 4 rings (SSSR count). The third-order valence-electron chi connectivity index (χ3n) is 3.54. The number of nitrogens with one attached hydrogen (secondary N) is 1. The molecule has 7 nitrogen and oxygen atoms in total. The van der Waals surface area contributed by atoms with E-state index in [4.69, 9.17) is 0 Å². The molecule has 8 heteroatoms. The van der Waals surface area contributed by atoms with E-state index in [-0.39, 0.29) is 0 Å². The Balaban J connectivity index is 1.69. The number of hydrogen-bond acceptors (Lipinski definition) is 6. The van der Waals surface area contributed by atoms with E-state index < -0.39 is 0 Å². The number of benzene rings is 1. The van der Waals surface area contributed by atoms with E-state index in [1.807, 2.05) is 41.4 Å². The summed E-state index contributed by atoms with van der Waals surface area (Å²) in [5.41, 5.74) is 3.49. The van der Waals surface area contributed by atoms with Crippen LogP contribution in [0.15, 0.2) is 48.1 Å². The van der Waals surface area contributed by atoms with Crippen molar-refractivity contribution >= 4 is 22.8 Å². The molecule has 24 heavy (non-hydrogen) atoms. The summed E-state index contributed by atoms with van der Waals surface area (Å²) in [6.45, 7) is 2.14. The van der Waals surface area contributed by atoms with Crippen molar-refractivity contribution in [1.29, 1.82) is 0 Å². The predicted octanol–water partition coefficient (Wildman–Crippen LogP) is 3.10. The molecule has 3 heterocycles. The zero-order valence-corrected chi connectivity index (χ0v) is 13.9. The van der Waals surface area contributed by atoms with E-state index in [1.165, 1.54) is 0 Å². The maximum atomic E-state index is 4.45. The maximum Gasteiger partial charge on any atom is 0.187 e. The molecule has 1 aromatic carbocycles. The molecule has 1 N–H and O–H groups in total. The van der Waals surface area contributed by atoms with Crippen LogP contribution in [0.3, 0.4) is 0 Å². The number of nitrogens with zero attached hydrogens (tertiary/aromatic N) is 6. The second kappa shape index (κ2) is 6.40. The van der Waals surface area contributed by atoms with Gasteiger partial charge >= 0.3 is 0 Å². The van der Waals surface area contributed by atoms with Crippen LogP contribution < -0.4 is 0 Å². The van der Waals surface area contributed by atoms with Crippen LogP contribution in [0.4, 0.5) is 0 Å². The van der Waals surface area contributed by atoms with Gasteiger partial charge in [-0.2, -0.15) is 15.4 Å². The molecule has 0 aliphatic carbocycles. The molecule has 0 fully saturated rings. The minimum absolute atomic E-state index is 0.794. The molecule has 3 aromatic heterocycles. The molecule has 0 amide bonds. The van der Waals surface area contributed by atoms with Crippen LogP contribution in [0.1, 0.15) is 13.3 Å². The highest BCUT2D eigenvalue weighted by molar-refractivity contribution is 7.99. The van der Waals surface area contributed by atoms with Crippen LogP contribution >= 0.6 is 11.8 Å². The Kier molecular flexibility index (Phi) is 3.96. The molecule has 0 saturated heterocycles. The Bertz CT molecular complexity index is 958. The topological polar surface area (TPSA) is 85.2 Å². The van der Waals surface area contributed by atoms with Gasteiger partial charge in [0.25, 0.3) is 0 Å². The molecule has 0 atom stereocenters. The molecule has 0 spiro atoms. The second-order valence-corrected chi connectivity index (χ2v) is 6.28. The fourth-order valence-corrected chi connectivity index (χ4v) is 3.04. The summed E-state index contributed by atoms with van der Waals surface area (Å²) in [5, 5.41) is 11.6. The van der Waals surface area contributed by atoms with Crippen LogP contribution in [0, 0.1) is 0 Å². The van der Waals surface area contributed by atoms with Crippen molar-refractivity contribution in [3.8, 4) is 17.1 Å². The van der Waals surface area contributed by atoms with E-state index in [0.29, 0.717) is 0 Å². The lowest BCUT2D eigenvalue weighted by molar-refractivity contribution is 0.953. The van der Waals surface area contributed by atoms with E-state index in [0.717, 1.165) is 45.4 Å². The van der Waals surface area contributed by atoms with Gasteiger partial charge in [0.05, 0.1) is 5.56 Å². The number of aromatic nitrogens is 7. The molecule has 0 aliphatic rings. The first-order valence-electron chi connectivity index (χ1n) is 7.64. The Morgan fingerprint density at radius 3 is 2.75 bits per heavy atom. The Morgan fingerprint density at radius 2 is 1.92 bits per heavy atom. The van der Waals surface area contributed by atoms with Gasteiger partial charge in [0.2, 0.25) is 0 Å². The quantitative estimate of drug-likeness (QED) is 0.445. The van der Waals surface area contributed by atoms with Gasteiger partial charge < -0.3 is 0 Å². The van der Waals surface area contributed by atoms with Gasteiger partial charge in [0, 0.05) is 36.2 Å². The number of hydrogen-bond donors (Lipinski definition) is 1. The Morgan fingerprint density at radius 1 is 1.08 bits per heavy atom. The van der Waals surface area contributed by atoms with Gasteiger partial charge in [-0.05, 0) is 24.6 Å². The highest BCUT2D eigenvalue weighted by Crippen LogP contribution is 2.23. The summed E-state index contributed by atoms with van der Waals surface area (Å²) in [7, 11) is 0. The molecule has 0 bridgehead atoms. The van der Waals surface area contributed by atoms with E-state index >= 15 is 0 Å². The molecule has 4 aromatic rings. The van der Waals surface area contributed by atoms with Gasteiger partial charge in [0.1, 0.15) is 16.9 Å². The predicted molar refractivity (Wildman–Crippen MR) is 93.1 cm³/mol. The fourth-order valence-electron chi connectivity index (χ4n) is 2.40. The van der Waals surface area contributed by atoms with Gasteiger partial charge in [-0.3, -0.25) is 4.57 Å². The molecule has 0 unspecified atom stereocenters. The lowest BCUT2D eigenvalue weighted by Gasteiger charge is -2.08. The standard InChI is InChI=1S/C16H15N7S/c1-2-7-24-16-18-9-11(10-19-16)15-17-5-6-23(15)12-3-4-13-14(8-12)21-22-20-13/h3-6,8-10H,2,7H2,1H3,(H,20,21,22). The van der Waals surface area contributed by atoms with Crippen molar-refractivity contribution in [3.63, 3.8) is 0 Å². The zero-order chi connectivity index (χ0) is 16.4. The molecular formula is C16H15N7S. The van der Waals surface area contributed by atoms with Crippen molar-refractivity contribution in [2.75, 3.05) is 5.75 Å². The monoisotopic (exact) mass is 337 g/mol. The third-order valence-corrected chi connectivity index (χ3v) is 4.62. The second-order valence-electron chi connectivity index (χ2n) is 5.22. The van der Waals surface area contributed by atoms with Crippen LogP contribution in [0.25, 0.3) is 28.1 Å². The van der Waals surface area contributed by atoms with Gasteiger partial charge in [-0.15, -0.1) is 0 Å². The van der Waals surface area contributed by atoms with Crippen molar-refractivity contribution in [2.45, 2.75) is 18.5 Å². The fraction of sp³-hybridized carbons (Fsp3) is 0.188. The Hall–Kier alpha value is -2.74. The summed E-state index contributed by atoms with van der Waals surface area (Å²) >= 11 is 1.66. The maximum absolute atomic E-state index is 4.45.